The van der Waals surface area contributed by atoms with E-state index in [4.69, 9.17) is 9.90 Å². The third-order valence-corrected chi connectivity index (χ3v) is 7.43. The highest BCUT2D eigenvalue weighted by Crippen LogP contribution is 2.31. The first kappa shape index (κ1) is 33.4. The SMILES string of the molecule is CNC(=O)CN(C)C(=O)c1ccc(N2CCNCC2)c(NS(=O)(=O)c2ccc(C(C)C)cc2)c1.O=C(O)C(F)(F)F. The number of nitrogens with zero attached hydrogens (tertiary/aromatic N) is 2. The molecule has 1 heterocycles. The number of anilines is 2. The average Bonchev–Trinajstić information content (AvgIpc) is 2.92. The Bertz CT molecular complexity index is 1330. The van der Waals surface area contributed by atoms with Crippen molar-refractivity contribution < 1.29 is 41.1 Å². The maximum Gasteiger partial charge on any atom is 0.490 e. The summed E-state index contributed by atoms with van der Waals surface area (Å²) in [4.78, 5) is 37.0. The van der Waals surface area contributed by atoms with Crippen LogP contribution >= 0.6 is 0 Å². The van der Waals surface area contributed by atoms with Crippen LogP contribution in [0.5, 0.6) is 0 Å². The van der Waals surface area contributed by atoms with Crippen molar-refractivity contribution in [3.63, 3.8) is 0 Å². The number of halogens is 3. The van der Waals surface area contributed by atoms with Crippen LogP contribution in [0.1, 0.15) is 35.7 Å². The first-order valence-electron chi connectivity index (χ1n) is 12.6. The van der Waals surface area contributed by atoms with Gasteiger partial charge >= 0.3 is 12.1 Å². The molecule has 0 radical (unpaired) electrons. The van der Waals surface area contributed by atoms with Gasteiger partial charge in [-0.25, -0.2) is 13.2 Å². The molecule has 0 spiro atoms. The minimum Gasteiger partial charge on any atom is -0.475 e. The second-order valence-electron chi connectivity index (χ2n) is 9.44. The third-order valence-electron chi connectivity index (χ3n) is 6.05. The number of likely N-dealkylation sites (N-methyl/N-ethyl adjacent to an activating group) is 2. The van der Waals surface area contributed by atoms with Crippen molar-refractivity contribution in [2.24, 2.45) is 0 Å². The van der Waals surface area contributed by atoms with Gasteiger partial charge in [0.25, 0.3) is 15.9 Å². The lowest BCUT2D eigenvalue weighted by Crippen LogP contribution is -2.44. The maximum atomic E-state index is 13.2. The number of amides is 2. The second-order valence-corrected chi connectivity index (χ2v) is 11.1. The zero-order chi connectivity index (χ0) is 31.0. The number of hydrogen-bond acceptors (Lipinski definition) is 7. The Labute approximate surface area is 236 Å². The molecule has 1 saturated heterocycles. The Morgan fingerprint density at radius 2 is 1.63 bits per heavy atom. The van der Waals surface area contributed by atoms with E-state index in [9.17, 15) is 31.2 Å². The van der Waals surface area contributed by atoms with Crippen molar-refractivity contribution in [1.82, 2.24) is 15.5 Å². The Morgan fingerprint density at radius 3 is 2.12 bits per heavy atom. The summed E-state index contributed by atoms with van der Waals surface area (Å²) >= 11 is 0. The van der Waals surface area contributed by atoms with E-state index in [2.05, 4.69) is 20.3 Å². The van der Waals surface area contributed by atoms with Crippen LogP contribution < -0.4 is 20.3 Å². The highest BCUT2D eigenvalue weighted by molar-refractivity contribution is 7.92. The van der Waals surface area contributed by atoms with Crippen molar-refractivity contribution in [3.8, 4) is 0 Å². The number of carboxylic acid groups (broad SMARTS) is 1. The van der Waals surface area contributed by atoms with E-state index in [1.165, 1.54) is 19.0 Å². The highest BCUT2D eigenvalue weighted by Gasteiger charge is 2.38. The zero-order valence-corrected chi connectivity index (χ0v) is 23.9. The van der Waals surface area contributed by atoms with Crippen LogP contribution in [-0.2, 0) is 19.6 Å². The second kappa shape index (κ2) is 14.2. The van der Waals surface area contributed by atoms with Gasteiger partial charge in [-0.05, 0) is 41.8 Å². The fraction of sp³-hybridized carbons (Fsp3) is 0.423. The molecule has 0 bridgehead atoms. The summed E-state index contributed by atoms with van der Waals surface area (Å²) in [7, 11) is -0.851. The lowest BCUT2D eigenvalue weighted by atomic mass is 10.0. The predicted octanol–water partition coefficient (Wildman–Crippen LogP) is 2.47. The van der Waals surface area contributed by atoms with E-state index >= 15 is 0 Å². The Morgan fingerprint density at radius 1 is 1.07 bits per heavy atom. The molecule has 1 fully saturated rings. The minimum absolute atomic E-state index is 0.0991. The molecule has 2 amide bonds. The van der Waals surface area contributed by atoms with Gasteiger partial charge in [-0.2, -0.15) is 13.2 Å². The van der Waals surface area contributed by atoms with Crippen LogP contribution in [0, 0.1) is 0 Å². The summed E-state index contributed by atoms with van der Waals surface area (Å²) in [5, 5.41) is 12.9. The Kier molecular flexibility index (Phi) is 11.5. The number of carbonyl (C=O) groups excluding carboxylic acids is 2. The normalized spacial score (nSPS) is 13.6. The van der Waals surface area contributed by atoms with Crippen LogP contribution in [0.2, 0.25) is 0 Å². The molecule has 41 heavy (non-hydrogen) atoms. The van der Waals surface area contributed by atoms with Gasteiger partial charge in [0.05, 0.1) is 22.8 Å². The van der Waals surface area contributed by atoms with Crippen LogP contribution in [-0.4, -0.2) is 89.2 Å². The zero-order valence-electron chi connectivity index (χ0n) is 23.1. The molecule has 2 aromatic rings. The number of carbonyl (C=O) groups is 3. The number of nitrogens with one attached hydrogen (secondary N) is 3. The predicted molar refractivity (Wildman–Crippen MR) is 148 cm³/mol. The summed E-state index contributed by atoms with van der Waals surface area (Å²) in [5.74, 6) is -3.14. The van der Waals surface area contributed by atoms with E-state index in [1.807, 2.05) is 26.0 Å². The summed E-state index contributed by atoms with van der Waals surface area (Å²) in [6.45, 7) is 6.97. The first-order chi connectivity index (χ1) is 19.1. The number of benzene rings is 2. The molecule has 0 aliphatic carbocycles. The van der Waals surface area contributed by atoms with E-state index in [0.717, 1.165) is 18.7 Å². The molecule has 1 aliphatic heterocycles. The number of piperazine rings is 1. The molecule has 3 rings (SSSR count). The average molecular weight is 602 g/mol. The highest BCUT2D eigenvalue weighted by atomic mass is 32.2. The molecule has 2 aromatic carbocycles. The topological polar surface area (TPSA) is 148 Å². The number of carboxylic acids is 1. The van der Waals surface area contributed by atoms with Gasteiger partial charge in [0.15, 0.2) is 0 Å². The minimum atomic E-state index is -5.08. The molecule has 0 unspecified atom stereocenters. The molecular weight excluding hydrogens is 567 g/mol. The summed E-state index contributed by atoms with van der Waals surface area (Å²) in [6.07, 6.45) is -5.08. The summed E-state index contributed by atoms with van der Waals surface area (Å²) < 4.78 is 60.9. The van der Waals surface area contributed by atoms with Gasteiger partial charge in [0.2, 0.25) is 5.91 Å². The van der Waals surface area contributed by atoms with Crippen LogP contribution in [0.3, 0.4) is 0 Å². The molecule has 11 nitrogen and oxygen atoms in total. The number of rotatable bonds is 8. The summed E-state index contributed by atoms with van der Waals surface area (Å²) in [5.41, 5.74) is 2.37. The van der Waals surface area contributed by atoms with E-state index in [-0.39, 0.29) is 28.8 Å². The van der Waals surface area contributed by atoms with Gasteiger partial charge in [-0.3, -0.25) is 14.3 Å². The van der Waals surface area contributed by atoms with Crippen molar-refractivity contribution in [2.75, 3.05) is 56.4 Å². The van der Waals surface area contributed by atoms with E-state index in [1.54, 1.807) is 30.3 Å². The smallest absolute Gasteiger partial charge is 0.475 e. The van der Waals surface area contributed by atoms with E-state index < -0.39 is 22.2 Å². The summed E-state index contributed by atoms with van der Waals surface area (Å²) in [6, 6.07) is 11.8. The van der Waals surface area contributed by atoms with Crippen LogP contribution in [0.15, 0.2) is 47.4 Å². The van der Waals surface area contributed by atoms with Crippen molar-refractivity contribution in [1.29, 1.82) is 0 Å². The molecule has 226 valence electrons. The number of aliphatic carboxylic acids is 1. The molecular formula is C26H34F3N5O6S. The lowest BCUT2D eigenvalue weighted by molar-refractivity contribution is -0.192. The van der Waals surface area contributed by atoms with Crippen molar-refractivity contribution in [3.05, 3.63) is 53.6 Å². The van der Waals surface area contributed by atoms with Gasteiger partial charge < -0.3 is 25.5 Å². The van der Waals surface area contributed by atoms with Gasteiger partial charge in [-0.15, -0.1) is 0 Å². The maximum absolute atomic E-state index is 13.2. The van der Waals surface area contributed by atoms with E-state index in [0.29, 0.717) is 30.4 Å². The van der Waals surface area contributed by atoms with Crippen molar-refractivity contribution in [2.45, 2.75) is 30.8 Å². The van der Waals surface area contributed by atoms with Gasteiger partial charge in [0, 0.05) is 45.8 Å². The van der Waals surface area contributed by atoms with Crippen LogP contribution in [0.4, 0.5) is 24.5 Å². The van der Waals surface area contributed by atoms with Crippen LogP contribution in [0.25, 0.3) is 0 Å². The quantitative estimate of drug-likeness (QED) is 0.361. The molecule has 4 N–H and O–H groups in total. The standard InChI is InChI=1S/C24H33N5O4S.C2HF3O2/c1-17(2)18-5-8-20(9-6-18)34(32,33)27-21-15-19(24(31)28(4)16-23(30)25-3)7-10-22(21)29-13-11-26-12-14-29;3-2(4,5)1(6)7/h5-10,15,17,26-27H,11-14,16H2,1-4H3,(H,25,30);(H,6,7). The number of sulfonamides is 1. The first-order valence-corrected chi connectivity index (χ1v) is 14.0. The fourth-order valence-electron chi connectivity index (χ4n) is 3.75. The molecule has 0 atom stereocenters. The molecule has 0 saturated carbocycles. The number of hydrogen-bond donors (Lipinski definition) is 4. The molecule has 15 heteroatoms. The third kappa shape index (κ3) is 9.63. The Hall–Kier alpha value is -3.85. The largest absolute Gasteiger partial charge is 0.490 e. The monoisotopic (exact) mass is 601 g/mol. The number of alkyl halides is 3. The Balaban J connectivity index is 0.000000745. The lowest BCUT2D eigenvalue weighted by Gasteiger charge is -2.31. The molecule has 1 aliphatic rings. The fourth-order valence-corrected chi connectivity index (χ4v) is 4.82. The van der Waals surface area contributed by atoms with Crippen molar-refractivity contribution >= 4 is 39.2 Å². The molecule has 0 aromatic heterocycles. The van der Waals surface area contributed by atoms with Gasteiger partial charge in [-0.1, -0.05) is 26.0 Å². The van der Waals surface area contributed by atoms with Gasteiger partial charge in [0.1, 0.15) is 0 Å².